The Kier molecular flexibility index (Phi) is 6.21. The summed E-state index contributed by atoms with van der Waals surface area (Å²) in [5.41, 5.74) is 1.54. The highest BCUT2D eigenvalue weighted by molar-refractivity contribution is 5.76. The Hall–Kier alpha value is -3.42. The number of benzene rings is 2. The topological polar surface area (TPSA) is 86.5 Å². The minimum absolute atomic E-state index is 0.157. The largest absolute Gasteiger partial charge is 0.493 e. The molecule has 7 nitrogen and oxygen atoms in total. The molecule has 1 amide bonds. The number of rotatable bonds is 8. The molecule has 0 aliphatic carbocycles. The molecule has 3 aromatic rings. The number of nitrogens with one attached hydrogen (secondary N) is 1. The third-order valence-corrected chi connectivity index (χ3v) is 4.08. The maximum absolute atomic E-state index is 12.9. The number of aromatic nitrogens is 2. The number of halogens is 1. The van der Waals surface area contributed by atoms with E-state index in [1.54, 1.807) is 44.6 Å². The number of ether oxygens (including phenoxy) is 2. The van der Waals surface area contributed by atoms with Gasteiger partial charge in [-0.15, -0.1) is 0 Å². The predicted octanol–water partition coefficient (Wildman–Crippen LogP) is 3.14. The molecule has 0 aliphatic heterocycles. The summed E-state index contributed by atoms with van der Waals surface area (Å²) in [5, 5.41) is 6.72. The third kappa shape index (κ3) is 4.85. The number of aryl methyl sites for hydroxylation is 1. The van der Waals surface area contributed by atoms with Crippen LogP contribution in [0.2, 0.25) is 0 Å². The van der Waals surface area contributed by atoms with Crippen molar-refractivity contribution in [3.63, 3.8) is 0 Å². The van der Waals surface area contributed by atoms with Gasteiger partial charge in [-0.05, 0) is 35.9 Å². The Bertz CT molecular complexity index is 941. The molecule has 0 saturated carbocycles. The normalized spacial score (nSPS) is 10.5. The van der Waals surface area contributed by atoms with E-state index in [0.29, 0.717) is 41.7 Å². The van der Waals surface area contributed by atoms with Crippen molar-refractivity contribution in [2.24, 2.45) is 0 Å². The Balaban J connectivity index is 1.54. The average molecular weight is 385 g/mol. The molecule has 8 heteroatoms. The summed E-state index contributed by atoms with van der Waals surface area (Å²) >= 11 is 0. The molecule has 3 rings (SSSR count). The summed E-state index contributed by atoms with van der Waals surface area (Å²) in [4.78, 5) is 16.3. The van der Waals surface area contributed by atoms with Gasteiger partial charge in [0.1, 0.15) is 5.82 Å². The van der Waals surface area contributed by atoms with E-state index >= 15 is 0 Å². The Morgan fingerprint density at radius 2 is 1.86 bits per heavy atom. The highest BCUT2D eigenvalue weighted by Gasteiger charge is 2.13. The zero-order chi connectivity index (χ0) is 19.9. The molecule has 0 saturated heterocycles. The SMILES string of the molecule is COc1ccc(-c2noc(CCC(=O)NCc3ccc(F)cc3)n2)cc1OC. The molecule has 28 heavy (non-hydrogen) atoms. The predicted molar refractivity (Wildman–Crippen MR) is 99.4 cm³/mol. The molecular formula is C20H20FN3O4. The summed E-state index contributed by atoms with van der Waals surface area (Å²) in [6.07, 6.45) is 0.518. The fourth-order valence-electron chi connectivity index (χ4n) is 2.56. The molecule has 146 valence electrons. The zero-order valence-electron chi connectivity index (χ0n) is 15.6. The number of carbonyl (C=O) groups is 1. The van der Waals surface area contributed by atoms with Crippen LogP contribution in [0, 0.1) is 5.82 Å². The first-order valence-corrected chi connectivity index (χ1v) is 8.65. The molecule has 0 aliphatic rings. The van der Waals surface area contributed by atoms with Gasteiger partial charge in [-0.2, -0.15) is 4.98 Å². The minimum atomic E-state index is -0.309. The molecule has 0 fully saturated rings. The number of hydrogen-bond donors (Lipinski definition) is 1. The first-order chi connectivity index (χ1) is 13.6. The third-order valence-electron chi connectivity index (χ3n) is 4.08. The molecule has 1 aromatic heterocycles. The van der Waals surface area contributed by atoms with Gasteiger partial charge in [-0.1, -0.05) is 17.3 Å². The van der Waals surface area contributed by atoms with Gasteiger partial charge in [-0.3, -0.25) is 4.79 Å². The zero-order valence-corrected chi connectivity index (χ0v) is 15.6. The van der Waals surface area contributed by atoms with Crippen LogP contribution in [0.4, 0.5) is 4.39 Å². The van der Waals surface area contributed by atoms with Crippen LogP contribution >= 0.6 is 0 Å². The van der Waals surface area contributed by atoms with Gasteiger partial charge >= 0.3 is 0 Å². The maximum atomic E-state index is 12.9. The van der Waals surface area contributed by atoms with Crippen molar-refractivity contribution < 1.29 is 23.2 Å². The van der Waals surface area contributed by atoms with Gasteiger partial charge in [0.2, 0.25) is 17.6 Å². The van der Waals surface area contributed by atoms with Gasteiger partial charge in [0.05, 0.1) is 14.2 Å². The quantitative estimate of drug-likeness (QED) is 0.641. The van der Waals surface area contributed by atoms with E-state index in [1.165, 1.54) is 12.1 Å². The number of amides is 1. The van der Waals surface area contributed by atoms with E-state index in [0.717, 1.165) is 5.56 Å². The summed E-state index contributed by atoms with van der Waals surface area (Å²) < 4.78 is 28.6. The second-order valence-electron chi connectivity index (χ2n) is 5.98. The van der Waals surface area contributed by atoms with E-state index in [2.05, 4.69) is 15.5 Å². The van der Waals surface area contributed by atoms with E-state index in [4.69, 9.17) is 14.0 Å². The van der Waals surface area contributed by atoms with Crippen molar-refractivity contribution in [1.29, 1.82) is 0 Å². The molecule has 0 atom stereocenters. The lowest BCUT2D eigenvalue weighted by Crippen LogP contribution is -2.23. The summed E-state index contributed by atoms with van der Waals surface area (Å²) in [5.74, 6) is 1.47. The van der Waals surface area contributed by atoms with Crippen LogP contribution in [0.5, 0.6) is 11.5 Å². The highest BCUT2D eigenvalue weighted by Crippen LogP contribution is 2.31. The molecule has 1 heterocycles. The van der Waals surface area contributed by atoms with Gasteiger partial charge in [0.15, 0.2) is 11.5 Å². The lowest BCUT2D eigenvalue weighted by Gasteiger charge is -2.07. The van der Waals surface area contributed by atoms with Crippen molar-refractivity contribution in [2.45, 2.75) is 19.4 Å². The summed E-state index contributed by atoms with van der Waals surface area (Å²) in [6, 6.07) is 11.3. The van der Waals surface area contributed by atoms with Gasteiger partial charge < -0.3 is 19.3 Å². The van der Waals surface area contributed by atoms with Crippen LogP contribution in [0.25, 0.3) is 11.4 Å². The van der Waals surface area contributed by atoms with Gasteiger partial charge in [-0.25, -0.2) is 4.39 Å². The van der Waals surface area contributed by atoms with Gasteiger partial charge in [0.25, 0.3) is 0 Å². The minimum Gasteiger partial charge on any atom is -0.493 e. The van der Waals surface area contributed by atoms with Crippen molar-refractivity contribution in [3.05, 3.63) is 59.7 Å². The first kappa shape index (κ1) is 19.3. The smallest absolute Gasteiger partial charge is 0.227 e. The van der Waals surface area contributed by atoms with Crippen LogP contribution in [-0.4, -0.2) is 30.3 Å². The van der Waals surface area contributed by atoms with Crippen LogP contribution in [-0.2, 0) is 17.8 Å². The summed E-state index contributed by atoms with van der Waals surface area (Å²) in [6.45, 7) is 0.333. The molecule has 0 unspecified atom stereocenters. The van der Waals surface area contributed by atoms with Crippen molar-refractivity contribution in [2.75, 3.05) is 14.2 Å². The number of nitrogens with zero attached hydrogens (tertiary/aromatic N) is 2. The van der Waals surface area contributed by atoms with E-state index in [-0.39, 0.29) is 18.1 Å². The lowest BCUT2D eigenvalue weighted by molar-refractivity contribution is -0.121. The number of hydrogen-bond acceptors (Lipinski definition) is 6. The summed E-state index contributed by atoms with van der Waals surface area (Å²) in [7, 11) is 3.11. The molecule has 2 aromatic carbocycles. The number of methoxy groups -OCH3 is 2. The Morgan fingerprint density at radius 3 is 2.57 bits per heavy atom. The van der Waals surface area contributed by atoms with Crippen LogP contribution < -0.4 is 14.8 Å². The van der Waals surface area contributed by atoms with E-state index in [9.17, 15) is 9.18 Å². The highest BCUT2D eigenvalue weighted by atomic mass is 19.1. The van der Waals surface area contributed by atoms with Crippen molar-refractivity contribution >= 4 is 5.91 Å². The van der Waals surface area contributed by atoms with Crippen LogP contribution in [0.3, 0.4) is 0 Å². The van der Waals surface area contributed by atoms with E-state index in [1.807, 2.05) is 0 Å². The maximum Gasteiger partial charge on any atom is 0.227 e. The van der Waals surface area contributed by atoms with Crippen LogP contribution in [0.1, 0.15) is 17.9 Å². The molecule has 0 radical (unpaired) electrons. The van der Waals surface area contributed by atoms with Crippen LogP contribution in [0.15, 0.2) is 47.0 Å². The Morgan fingerprint density at radius 1 is 1.11 bits per heavy atom. The molecule has 1 N–H and O–H groups in total. The average Bonchev–Trinajstić information content (AvgIpc) is 3.20. The molecule has 0 spiro atoms. The fourth-order valence-corrected chi connectivity index (χ4v) is 2.56. The molecule has 0 bridgehead atoms. The monoisotopic (exact) mass is 385 g/mol. The van der Waals surface area contributed by atoms with E-state index < -0.39 is 0 Å². The van der Waals surface area contributed by atoms with Crippen molar-refractivity contribution in [1.82, 2.24) is 15.5 Å². The molecular weight excluding hydrogens is 365 g/mol. The van der Waals surface area contributed by atoms with Gasteiger partial charge in [0, 0.05) is 24.9 Å². The Labute approximate surface area is 161 Å². The number of carbonyl (C=O) groups excluding carboxylic acids is 1. The second kappa shape index (κ2) is 8.98. The lowest BCUT2D eigenvalue weighted by atomic mass is 10.2. The second-order valence-corrected chi connectivity index (χ2v) is 5.98. The van der Waals surface area contributed by atoms with Crippen molar-refractivity contribution in [3.8, 4) is 22.9 Å². The first-order valence-electron chi connectivity index (χ1n) is 8.65. The standard InChI is InChI=1S/C20H20FN3O4/c1-26-16-8-5-14(11-17(16)27-2)20-23-19(28-24-20)10-9-18(25)22-12-13-3-6-15(21)7-4-13/h3-8,11H,9-10,12H2,1-2H3,(H,22,25). The fraction of sp³-hybridized carbons (Fsp3) is 0.250.